The second-order valence-electron chi connectivity index (χ2n) is 3.33. The largest absolute Gasteiger partial charge is 0.478 e. The van der Waals surface area contributed by atoms with Crippen molar-refractivity contribution in [3.63, 3.8) is 0 Å². The first kappa shape index (κ1) is 15.0. The SMILES string of the molecule is N#Cc1cc(/C=C/C(=O)O)c([N+](=O)[O-])cc1OC(F)F. The lowest BCUT2D eigenvalue weighted by molar-refractivity contribution is -0.385. The van der Waals surface area contributed by atoms with Crippen LogP contribution in [0.3, 0.4) is 0 Å². The average molecular weight is 284 g/mol. The van der Waals surface area contributed by atoms with E-state index in [0.29, 0.717) is 12.1 Å². The summed E-state index contributed by atoms with van der Waals surface area (Å²) in [5.41, 5.74) is -1.24. The first-order valence-corrected chi connectivity index (χ1v) is 4.93. The summed E-state index contributed by atoms with van der Waals surface area (Å²) in [6, 6.07) is 3.08. The van der Waals surface area contributed by atoms with Crippen LogP contribution in [0, 0.1) is 21.4 Å². The molecule has 0 amide bonds. The molecule has 1 aromatic carbocycles. The monoisotopic (exact) mass is 284 g/mol. The Kier molecular flexibility index (Phi) is 4.69. The van der Waals surface area contributed by atoms with E-state index in [1.54, 1.807) is 0 Å². The van der Waals surface area contributed by atoms with E-state index in [9.17, 15) is 23.7 Å². The molecule has 1 N–H and O–H groups in total. The van der Waals surface area contributed by atoms with Crippen molar-refractivity contribution in [1.82, 2.24) is 0 Å². The number of carbonyl (C=O) groups is 1. The molecule has 104 valence electrons. The fourth-order valence-electron chi connectivity index (χ4n) is 1.32. The van der Waals surface area contributed by atoms with Gasteiger partial charge in [-0.3, -0.25) is 10.1 Å². The van der Waals surface area contributed by atoms with Crippen molar-refractivity contribution < 1.29 is 28.3 Å². The van der Waals surface area contributed by atoms with Crippen LogP contribution < -0.4 is 4.74 Å². The number of halogens is 2. The third-order valence-corrected chi connectivity index (χ3v) is 2.07. The molecular weight excluding hydrogens is 278 g/mol. The lowest BCUT2D eigenvalue weighted by Crippen LogP contribution is -2.05. The third-order valence-electron chi connectivity index (χ3n) is 2.07. The van der Waals surface area contributed by atoms with Gasteiger partial charge in [0.1, 0.15) is 6.07 Å². The van der Waals surface area contributed by atoms with Gasteiger partial charge in [0.25, 0.3) is 5.69 Å². The fraction of sp³-hybridized carbons (Fsp3) is 0.0909. The Hall–Kier alpha value is -3.02. The molecule has 0 heterocycles. The maximum Gasteiger partial charge on any atom is 0.387 e. The predicted molar refractivity (Wildman–Crippen MR) is 61.1 cm³/mol. The van der Waals surface area contributed by atoms with Crippen LogP contribution in [0.5, 0.6) is 5.75 Å². The van der Waals surface area contributed by atoms with Gasteiger partial charge in [0, 0.05) is 6.08 Å². The van der Waals surface area contributed by atoms with E-state index < -0.39 is 28.9 Å². The van der Waals surface area contributed by atoms with Crippen LogP contribution in [0.1, 0.15) is 11.1 Å². The van der Waals surface area contributed by atoms with Crippen molar-refractivity contribution in [3.05, 3.63) is 39.4 Å². The smallest absolute Gasteiger partial charge is 0.387 e. The first-order chi connectivity index (χ1) is 9.35. The maximum atomic E-state index is 12.1. The molecule has 0 fully saturated rings. The second-order valence-corrected chi connectivity index (χ2v) is 3.33. The molecule has 7 nitrogen and oxygen atoms in total. The fourth-order valence-corrected chi connectivity index (χ4v) is 1.32. The summed E-state index contributed by atoms with van der Waals surface area (Å²) < 4.78 is 28.3. The van der Waals surface area contributed by atoms with Crippen LogP contribution >= 0.6 is 0 Å². The summed E-state index contributed by atoms with van der Waals surface area (Å²) in [7, 11) is 0. The van der Waals surface area contributed by atoms with Gasteiger partial charge in [-0.05, 0) is 12.1 Å². The van der Waals surface area contributed by atoms with Gasteiger partial charge in [-0.15, -0.1) is 0 Å². The number of ether oxygens (including phenoxy) is 1. The van der Waals surface area contributed by atoms with Gasteiger partial charge in [0.05, 0.1) is 22.1 Å². The Morgan fingerprint density at radius 3 is 2.65 bits per heavy atom. The zero-order valence-corrected chi connectivity index (χ0v) is 9.62. The molecule has 1 aromatic rings. The lowest BCUT2D eigenvalue weighted by Gasteiger charge is -2.07. The minimum atomic E-state index is -3.25. The van der Waals surface area contributed by atoms with E-state index in [1.807, 2.05) is 0 Å². The second kappa shape index (κ2) is 6.24. The Morgan fingerprint density at radius 2 is 2.20 bits per heavy atom. The van der Waals surface area contributed by atoms with Gasteiger partial charge in [-0.2, -0.15) is 14.0 Å². The normalized spacial score (nSPS) is 10.5. The van der Waals surface area contributed by atoms with E-state index in [0.717, 1.165) is 12.1 Å². The highest BCUT2D eigenvalue weighted by Crippen LogP contribution is 2.30. The molecule has 0 spiro atoms. The van der Waals surface area contributed by atoms with Crippen LogP contribution in [0.4, 0.5) is 14.5 Å². The maximum absolute atomic E-state index is 12.1. The quantitative estimate of drug-likeness (QED) is 0.503. The Labute approximate surface area is 110 Å². The Bertz CT molecular complexity index is 622. The van der Waals surface area contributed by atoms with Crippen LogP contribution in [0.15, 0.2) is 18.2 Å². The number of rotatable bonds is 5. The van der Waals surface area contributed by atoms with Crippen molar-refractivity contribution in [2.75, 3.05) is 0 Å². The molecule has 0 aliphatic heterocycles. The molecule has 0 bridgehead atoms. The molecular formula is C11H6F2N2O5. The summed E-state index contributed by atoms with van der Waals surface area (Å²) in [6.07, 6.45) is 1.50. The average Bonchev–Trinajstić information content (AvgIpc) is 2.35. The first-order valence-electron chi connectivity index (χ1n) is 4.93. The van der Waals surface area contributed by atoms with Crippen molar-refractivity contribution in [3.8, 4) is 11.8 Å². The molecule has 0 unspecified atom stereocenters. The van der Waals surface area contributed by atoms with Gasteiger partial charge in [0.2, 0.25) is 0 Å². The molecule has 0 aliphatic carbocycles. The van der Waals surface area contributed by atoms with Crippen molar-refractivity contribution in [2.24, 2.45) is 0 Å². The van der Waals surface area contributed by atoms with Crippen LogP contribution in [-0.4, -0.2) is 22.6 Å². The highest BCUT2D eigenvalue weighted by molar-refractivity contribution is 5.86. The van der Waals surface area contributed by atoms with E-state index in [-0.39, 0.29) is 11.1 Å². The molecule has 9 heteroatoms. The minimum absolute atomic E-state index is 0.212. The van der Waals surface area contributed by atoms with Crippen molar-refractivity contribution in [1.29, 1.82) is 5.26 Å². The number of nitriles is 1. The highest BCUT2D eigenvalue weighted by Gasteiger charge is 2.19. The summed E-state index contributed by atoms with van der Waals surface area (Å²) in [6.45, 7) is -3.25. The molecule has 0 saturated carbocycles. The number of hydrogen-bond acceptors (Lipinski definition) is 5. The van der Waals surface area contributed by atoms with Crippen LogP contribution in [0.25, 0.3) is 6.08 Å². The summed E-state index contributed by atoms with van der Waals surface area (Å²) in [5.74, 6) is -2.01. The molecule has 0 atom stereocenters. The van der Waals surface area contributed by atoms with Crippen LogP contribution in [0.2, 0.25) is 0 Å². The minimum Gasteiger partial charge on any atom is -0.478 e. The number of nitrogens with zero attached hydrogens (tertiary/aromatic N) is 2. The highest BCUT2D eigenvalue weighted by atomic mass is 19.3. The number of carboxylic acid groups (broad SMARTS) is 1. The summed E-state index contributed by atoms with van der Waals surface area (Å²) in [4.78, 5) is 20.3. The zero-order chi connectivity index (χ0) is 15.3. The van der Waals surface area contributed by atoms with Gasteiger partial charge in [-0.1, -0.05) is 0 Å². The number of benzene rings is 1. The van der Waals surface area contributed by atoms with E-state index in [1.165, 1.54) is 6.07 Å². The van der Waals surface area contributed by atoms with Gasteiger partial charge >= 0.3 is 12.6 Å². The van der Waals surface area contributed by atoms with E-state index in [4.69, 9.17) is 10.4 Å². The number of nitro benzene ring substituents is 1. The Balaban J connectivity index is 3.41. The summed E-state index contributed by atoms with van der Waals surface area (Å²) in [5, 5.41) is 28.0. The van der Waals surface area contributed by atoms with Crippen LogP contribution in [-0.2, 0) is 4.79 Å². The van der Waals surface area contributed by atoms with Gasteiger partial charge < -0.3 is 9.84 Å². The van der Waals surface area contributed by atoms with E-state index >= 15 is 0 Å². The molecule has 0 saturated heterocycles. The summed E-state index contributed by atoms with van der Waals surface area (Å²) >= 11 is 0. The van der Waals surface area contributed by atoms with Gasteiger partial charge in [-0.25, -0.2) is 4.79 Å². The van der Waals surface area contributed by atoms with Crippen molar-refractivity contribution in [2.45, 2.75) is 6.61 Å². The van der Waals surface area contributed by atoms with Gasteiger partial charge in [0.15, 0.2) is 5.75 Å². The molecule has 0 radical (unpaired) electrons. The number of aliphatic carboxylic acids is 1. The number of nitro groups is 1. The Morgan fingerprint density at radius 1 is 1.55 bits per heavy atom. The number of alkyl halides is 2. The standard InChI is InChI=1S/C11H6F2N2O5/c12-11(13)20-9-4-8(15(18)19)6(1-2-10(16)17)3-7(9)5-14/h1-4,11H,(H,16,17)/b2-1+. The number of carboxylic acids is 1. The molecule has 0 aromatic heterocycles. The molecule has 0 aliphatic rings. The topological polar surface area (TPSA) is 113 Å². The number of hydrogen-bond donors (Lipinski definition) is 1. The zero-order valence-electron chi connectivity index (χ0n) is 9.62. The third kappa shape index (κ3) is 3.74. The predicted octanol–water partition coefficient (Wildman–Crippen LogP) is 2.17. The lowest BCUT2D eigenvalue weighted by atomic mass is 10.1. The van der Waals surface area contributed by atoms with E-state index in [2.05, 4.69) is 4.74 Å². The van der Waals surface area contributed by atoms with Crippen molar-refractivity contribution >= 4 is 17.7 Å². The molecule has 20 heavy (non-hydrogen) atoms. The molecule has 1 rings (SSSR count).